The molecule has 134 valence electrons. The monoisotopic (exact) mass is 408 g/mol. The lowest BCUT2D eigenvalue weighted by molar-refractivity contribution is -0.116. The Morgan fingerprint density at radius 2 is 2.15 bits per heavy atom. The minimum absolute atomic E-state index is 0.133. The van der Waals surface area contributed by atoms with E-state index in [9.17, 15) is 14.9 Å². The van der Waals surface area contributed by atoms with Crippen LogP contribution in [-0.2, 0) is 9.59 Å². The number of nitriles is 1. The normalized spacial score (nSPS) is 11.0. The number of hydrogen-bond donors (Lipinski definition) is 1. The van der Waals surface area contributed by atoms with Crippen molar-refractivity contribution in [3.63, 3.8) is 0 Å². The van der Waals surface area contributed by atoms with Crippen LogP contribution >= 0.6 is 34.5 Å². The predicted octanol–water partition coefficient (Wildman–Crippen LogP) is 4.37. The molecule has 1 aromatic heterocycles. The number of thiazole rings is 1. The molecule has 9 heteroatoms. The molecule has 0 saturated heterocycles. The fourth-order valence-corrected chi connectivity index (χ4v) is 3.27. The van der Waals surface area contributed by atoms with E-state index in [1.165, 1.54) is 35.3 Å². The van der Waals surface area contributed by atoms with Gasteiger partial charge < -0.3 is 5.32 Å². The second-order valence-electron chi connectivity index (χ2n) is 5.07. The Balaban J connectivity index is 2.24. The van der Waals surface area contributed by atoms with Crippen LogP contribution < -0.4 is 10.2 Å². The third-order valence-corrected chi connectivity index (χ3v) is 4.72. The van der Waals surface area contributed by atoms with Gasteiger partial charge in [-0.15, -0.1) is 11.3 Å². The fraction of sp³-hybridized carbons (Fsp3) is 0.176. The molecule has 0 aliphatic heterocycles. The Labute approximate surface area is 164 Å². The summed E-state index contributed by atoms with van der Waals surface area (Å²) < 4.78 is 0. The highest BCUT2D eigenvalue weighted by molar-refractivity contribution is 7.14. The van der Waals surface area contributed by atoms with Crippen LogP contribution in [0.15, 0.2) is 29.2 Å². The number of nitrogens with zero attached hydrogens (tertiary/aromatic N) is 3. The molecule has 0 atom stereocenters. The Bertz CT molecular complexity index is 918. The standard InChI is InChI=1S/C17H14Cl2N4O2S/c1-3-23(10(2)24)17-21-13(9-26-17)6-11(8-20)16(25)22-15-7-12(18)4-5-14(15)19/h4-7,9H,3H2,1-2H3,(H,22,25)/b11-6+. The van der Waals surface area contributed by atoms with Gasteiger partial charge in [0, 0.05) is 23.9 Å². The van der Waals surface area contributed by atoms with E-state index in [2.05, 4.69) is 10.3 Å². The Kier molecular flexibility index (Phi) is 6.75. The Morgan fingerprint density at radius 1 is 1.42 bits per heavy atom. The van der Waals surface area contributed by atoms with Crippen molar-refractivity contribution in [3.05, 3.63) is 44.9 Å². The minimum atomic E-state index is -0.634. The van der Waals surface area contributed by atoms with E-state index in [4.69, 9.17) is 23.2 Å². The molecule has 1 aromatic carbocycles. The quantitative estimate of drug-likeness (QED) is 0.587. The molecule has 0 spiro atoms. The van der Waals surface area contributed by atoms with E-state index in [0.29, 0.717) is 33.1 Å². The summed E-state index contributed by atoms with van der Waals surface area (Å²) in [6, 6.07) is 6.46. The third-order valence-electron chi connectivity index (χ3n) is 3.27. The van der Waals surface area contributed by atoms with Crippen LogP contribution in [0.3, 0.4) is 0 Å². The SMILES string of the molecule is CCN(C(C)=O)c1nc(/C=C(\C#N)C(=O)Nc2cc(Cl)ccc2Cl)cs1. The van der Waals surface area contributed by atoms with Gasteiger partial charge in [0.15, 0.2) is 5.13 Å². The van der Waals surface area contributed by atoms with Crippen molar-refractivity contribution in [1.82, 2.24) is 4.98 Å². The summed E-state index contributed by atoms with van der Waals surface area (Å²) in [7, 11) is 0. The number of amides is 2. The molecule has 0 unspecified atom stereocenters. The van der Waals surface area contributed by atoms with Crippen LogP contribution in [0.25, 0.3) is 6.08 Å². The van der Waals surface area contributed by atoms with Gasteiger partial charge in [-0.05, 0) is 31.2 Å². The highest BCUT2D eigenvalue weighted by Gasteiger charge is 2.15. The molecular weight excluding hydrogens is 395 g/mol. The maximum atomic E-state index is 12.3. The first-order chi connectivity index (χ1) is 12.3. The largest absolute Gasteiger partial charge is 0.320 e. The van der Waals surface area contributed by atoms with Crippen molar-refractivity contribution in [2.24, 2.45) is 0 Å². The van der Waals surface area contributed by atoms with Gasteiger partial charge in [0.2, 0.25) is 5.91 Å². The van der Waals surface area contributed by atoms with Gasteiger partial charge in [0.25, 0.3) is 5.91 Å². The lowest BCUT2D eigenvalue weighted by Crippen LogP contribution is -2.27. The lowest BCUT2D eigenvalue weighted by atomic mass is 10.2. The number of carbonyl (C=O) groups is 2. The first-order valence-corrected chi connectivity index (χ1v) is 9.11. The smallest absolute Gasteiger partial charge is 0.266 e. The third kappa shape index (κ3) is 4.82. The summed E-state index contributed by atoms with van der Waals surface area (Å²) in [6.07, 6.45) is 1.35. The summed E-state index contributed by atoms with van der Waals surface area (Å²) in [5.41, 5.74) is 0.565. The van der Waals surface area contributed by atoms with Crippen molar-refractivity contribution in [2.45, 2.75) is 13.8 Å². The number of benzene rings is 1. The van der Waals surface area contributed by atoms with Crippen LogP contribution in [0.1, 0.15) is 19.5 Å². The zero-order valence-corrected chi connectivity index (χ0v) is 16.2. The van der Waals surface area contributed by atoms with E-state index < -0.39 is 5.91 Å². The second-order valence-corrected chi connectivity index (χ2v) is 6.75. The number of hydrogen-bond acceptors (Lipinski definition) is 5. The van der Waals surface area contributed by atoms with Crippen LogP contribution in [0, 0.1) is 11.3 Å². The van der Waals surface area contributed by atoms with Gasteiger partial charge >= 0.3 is 0 Å². The van der Waals surface area contributed by atoms with Crippen molar-refractivity contribution >= 4 is 63.2 Å². The van der Waals surface area contributed by atoms with Crippen LogP contribution in [0.4, 0.5) is 10.8 Å². The Hall–Kier alpha value is -2.40. The van der Waals surface area contributed by atoms with E-state index in [-0.39, 0.29) is 11.5 Å². The van der Waals surface area contributed by atoms with Crippen molar-refractivity contribution in [2.75, 3.05) is 16.8 Å². The van der Waals surface area contributed by atoms with Gasteiger partial charge in [0.1, 0.15) is 11.6 Å². The first kappa shape index (κ1) is 19.9. The van der Waals surface area contributed by atoms with Crippen LogP contribution in [-0.4, -0.2) is 23.3 Å². The number of nitrogens with one attached hydrogen (secondary N) is 1. The number of rotatable bonds is 5. The first-order valence-electron chi connectivity index (χ1n) is 7.47. The number of aromatic nitrogens is 1. The highest BCUT2D eigenvalue weighted by Crippen LogP contribution is 2.26. The molecule has 0 fully saturated rings. The zero-order valence-electron chi connectivity index (χ0n) is 13.9. The lowest BCUT2D eigenvalue weighted by Gasteiger charge is -2.14. The fourth-order valence-electron chi connectivity index (χ4n) is 2.04. The molecule has 6 nitrogen and oxygen atoms in total. The molecule has 26 heavy (non-hydrogen) atoms. The molecule has 0 aliphatic rings. The minimum Gasteiger partial charge on any atom is -0.320 e. The molecule has 0 radical (unpaired) electrons. The summed E-state index contributed by atoms with van der Waals surface area (Å²) in [5.74, 6) is -0.767. The summed E-state index contributed by atoms with van der Waals surface area (Å²) in [4.78, 5) is 29.7. The zero-order chi connectivity index (χ0) is 19.3. The number of halogens is 2. The Morgan fingerprint density at radius 3 is 2.77 bits per heavy atom. The molecule has 0 aliphatic carbocycles. The molecule has 2 amide bonds. The van der Waals surface area contributed by atoms with Crippen molar-refractivity contribution in [3.8, 4) is 6.07 Å². The average molecular weight is 409 g/mol. The van der Waals surface area contributed by atoms with Gasteiger partial charge in [-0.2, -0.15) is 5.26 Å². The summed E-state index contributed by atoms with van der Waals surface area (Å²) >= 11 is 13.1. The van der Waals surface area contributed by atoms with Gasteiger partial charge in [0.05, 0.1) is 16.4 Å². The van der Waals surface area contributed by atoms with E-state index in [1.807, 2.05) is 13.0 Å². The molecule has 1 N–H and O–H groups in total. The van der Waals surface area contributed by atoms with Crippen molar-refractivity contribution in [1.29, 1.82) is 5.26 Å². The van der Waals surface area contributed by atoms with Crippen LogP contribution in [0.2, 0.25) is 10.0 Å². The van der Waals surface area contributed by atoms with Gasteiger partial charge in [-0.25, -0.2) is 4.98 Å². The molecule has 0 saturated carbocycles. The van der Waals surface area contributed by atoms with E-state index in [0.717, 1.165) is 0 Å². The molecule has 2 aromatic rings. The van der Waals surface area contributed by atoms with E-state index >= 15 is 0 Å². The maximum absolute atomic E-state index is 12.3. The van der Waals surface area contributed by atoms with Crippen molar-refractivity contribution < 1.29 is 9.59 Å². The topological polar surface area (TPSA) is 86.1 Å². The van der Waals surface area contributed by atoms with Crippen LogP contribution in [0.5, 0.6) is 0 Å². The average Bonchev–Trinajstić information content (AvgIpc) is 3.04. The molecular formula is C17H14Cl2N4O2S. The van der Waals surface area contributed by atoms with Gasteiger partial charge in [-0.1, -0.05) is 23.2 Å². The number of anilines is 2. The molecule has 1 heterocycles. The molecule has 0 bridgehead atoms. The molecule has 2 rings (SSSR count). The second kappa shape index (κ2) is 8.81. The summed E-state index contributed by atoms with van der Waals surface area (Å²) in [6.45, 7) is 3.76. The maximum Gasteiger partial charge on any atom is 0.266 e. The predicted molar refractivity (Wildman–Crippen MR) is 104 cm³/mol. The van der Waals surface area contributed by atoms with Gasteiger partial charge in [-0.3, -0.25) is 14.5 Å². The highest BCUT2D eigenvalue weighted by atomic mass is 35.5. The number of carbonyl (C=O) groups excluding carboxylic acids is 2. The summed E-state index contributed by atoms with van der Waals surface area (Å²) in [5, 5.41) is 14.7. The van der Waals surface area contributed by atoms with E-state index in [1.54, 1.807) is 17.5 Å².